The zero-order chi connectivity index (χ0) is 17.8. The highest BCUT2D eigenvalue weighted by Crippen LogP contribution is 2.17. The number of carbonyl (C=O) groups is 1. The molecular formula is C15H15N5O4S. The van der Waals surface area contributed by atoms with Crippen LogP contribution in [-0.2, 0) is 0 Å². The second-order valence-electron chi connectivity index (χ2n) is 5.14. The van der Waals surface area contributed by atoms with Crippen molar-refractivity contribution < 1.29 is 14.6 Å². The molecule has 0 aliphatic rings. The standard InChI is InChI=1S/C15H15N5O4S/c1-9-12(21)16-14-17-18-15(20(14)19-9)25-8-2-7-24-11-5-3-10(4-6-11)13(22)23/h3-6H,2,7-8H2,1H3,(H,22,23)(H,16,17,21). The number of aromatic amines is 1. The Balaban J connectivity index is 1.49. The molecule has 9 nitrogen and oxygen atoms in total. The van der Waals surface area contributed by atoms with E-state index in [1.165, 1.54) is 28.4 Å². The molecule has 0 radical (unpaired) electrons. The SMILES string of the molecule is Cc1nn2c(SCCCOc3ccc(C(=O)O)cc3)nnc2[nH]c1=O. The van der Waals surface area contributed by atoms with E-state index in [4.69, 9.17) is 9.84 Å². The number of aryl methyl sites for hydroxylation is 1. The van der Waals surface area contributed by atoms with Crippen molar-refractivity contribution in [1.29, 1.82) is 0 Å². The quantitative estimate of drug-likeness (QED) is 0.478. The van der Waals surface area contributed by atoms with Crippen LogP contribution in [0.3, 0.4) is 0 Å². The van der Waals surface area contributed by atoms with E-state index >= 15 is 0 Å². The largest absolute Gasteiger partial charge is 0.494 e. The summed E-state index contributed by atoms with van der Waals surface area (Å²) in [6, 6.07) is 6.27. The molecule has 0 saturated heterocycles. The van der Waals surface area contributed by atoms with Crippen LogP contribution in [0.1, 0.15) is 22.5 Å². The molecule has 1 aromatic carbocycles. The van der Waals surface area contributed by atoms with Gasteiger partial charge in [-0.25, -0.2) is 4.79 Å². The lowest BCUT2D eigenvalue weighted by Gasteiger charge is -2.06. The summed E-state index contributed by atoms with van der Waals surface area (Å²) < 4.78 is 7.08. The number of benzene rings is 1. The van der Waals surface area contributed by atoms with Crippen LogP contribution in [0.15, 0.2) is 34.2 Å². The molecular weight excluding hydrogens is 346 g/mol. The molecule has 2 N–H and O–H groups in total. The first-order valence-corrected chi connectivity index (χ1v) is 8.44. The van der Waals surface area contributed by atoms with E-state index in [1.54, 1.807) is 19.1 Å². The van der Waals surface area contributed by atoms with E-state index in [2.05, 4.69) is 20.3 Å². The Morgan fingerprint density at radius 1 is 1.32 bits per heavy atom. The van der Waals surface area contributed by atoms with Gasteiger partial charge in [0.25, 0.3) is 11.3 Å². The molecule has 2 heterocycles. The van der Waals surface area contributed by atoms with E-state index in [1.807, 2.05) is 0 Å². The number of hydrogen-bond donors (Lipinski definition) is 2. The van der Waals surface area contributed by atoms with Gasteiger partial charge in [-0.05, 0) is 37.6 Å². The Morgan fingerprint density at radius 2 is 2.08 bits per heavy atom. The maximum atomic E-state index is 11.5. The maximum Gasteiger partial charge on any atom is 0.335 e. The second kappa shape index (κ2) is 7.34. The number of fused-ring (bicyclic) bond motifs is 1. The fraction of sp³-hybridized carbons (Fsp3) is 0.267. The van der Waals surface area contributed by atoms with E-state index in [0.29, 0.717) is 29.0 Å². The van der Waals surface area contributed by atoms with E-state index < -0.39 is 5.97 Å². The molecule has 0 saturated carbocycles. The van der Waals surface area contributed by atoms with Crippen molar-refractivity contribution in [2.24, 2.45) is 0 Å². The van der Waals surface area contributed by atoms with Crippen molar-refractivity contribution in [2.75, 3.05) is 12.4 Å². The van der Waals surface area contributed by atoms with Crippen molar-refractivity contribution in [3.63, 3.8) is 0 Å². The Kier molecular flexibility index (Phi) is 4.98. The topological polar surface area (TPSA) is 122 Å². The molecule has 0 spiro atoms. The molecule has 3 rings (SSSR count). The van der Waals surface area contributed by atoms with Crippen LogP contribution in [0, 0.1) is 6.92 Å². The first kappa shape index (κ1) is 17.0. The zero-order valence-corrected chi connectivity index (χ0v) is 14.1. The summed E-state index contributed by atoms with van der Waals surface area (Å²) in [6.45, 7) is 2.11. The summed E-state index contributed by atoms with van der Waals surface area (Å²) >= 11 is 1.46. The highest BCUT2D eigenvalue weighted by molar-refractivity contribution is 7.99. The van der Waals surface area contributed by atoms with Gasteiger partial charge < -0.3 is 9.84 Å². The van der Waals surface area contributed by atoms with E-state index in [9.17, 15) is 9.59 Å². The minimum atomic E-state index is -0.964. The molecule has 0 amide bonds. The van der Waals surface area contributed by atoms with Gasteiger partial charge >= 0.3 is 5.97 Å². The number of nitrogens with one attached hydrogen (secondary N) is 1. The second-order valence-corrected chi connectivity index (χ2v) is 6.20. The summed E-state index contributed by atoms with van der Waals surface area (Å²) in [4.78, 5) is 24.9. The predicted molar refractivity (Wildman–Crippen MR) is 90.4 cm³/mol. The molecule has 0 aliphatic heterocycles. The van der Waals surface area contributed by atoms with Gasteiger partial charge in [0.1, 0.15) is 11.4 Å². The number of hydrogen-bond acceptors (Lipinski definition) is 7. The number of aromatic nitrogens is 5. The van der Waals surface area contributed by atoms with Crippen LogP contribution in [0.25, 0.3) is 5.78 Å². The van der Waals surface area contributed by atoms with Crippen LogP contribution >= 0.6 is 11.8 Å². The van der Waals surface area contributed by atoms with Gasteiger partial charge in [0.2, 0.25) is 5.16 Å². The Bertz CT molecular complexity index is 951. The third-order valence-electron chi connectivity index (χ3n) is 3.31. The van der Waals surface area contributed by atoms with Gasteiger partial charge in [-0.3, -0.25) is 9.78 Å². The Hall–Kier alpha value is -2.88. The fourth-order valence-electron chi connectivity index (χ4n) is 2.02. The van der Waals surface area contributed by atoms with E-state index in [-0.39, 0.29) is 11.1 Å². The molecule has 10 heteroatoms. The zero-order valence-electron chi connectivity index (χ0n) is 13.3. The van der Waals surface area contributed by atoms with Gasteiger partial charge in [0, 0.05) is 5.75 Å². The van der Waals surface area contributed by atoms with Crippen LogP contribution < -0.4 is 10.3 Å². The average molecular weight is 361 g/mol. The summed E-state index contributed by atoms with van der Waals surface area (Å²) in [5.74, 6) is 0.702. The molecule has 130 valence electrons. The Morgan fingerprint density at radius 3 is 2.80 bits per heavy atom. The lowest BCUT2D eigenvalue weighted by Crippen LogP contribution is -2.15. The first-order valence-electron chi connectivity index (χ1n) is 7.46. The molecule has 0 unspecified atom stereocenters. The lowest BCUT2D eigenvalue weighted by atomic mass is 10.2. The van der Waals surface area contributed by atoms with Gasteiger partial charge in [0.15, 0.2) is 0 Å². The smallest absolute Gasteiger partial charge is 0.335 e. The number of aromatic carboxylic acids is 1. The monoisotopic (exact) mass is 361 g/mol. The minimum Gasteiger partial charge on any atom is -0.494 e. The van der Waals surface area contributed by atoms with Crippen molar-refractivity contribution >= 4 is 23.5 Å². The third-order valence-corrected chi connectivity index (χ3v) is 4.31. The molecule has 3 aromatic rings. The summed E-state index contributed by atoms with van der Waals surface area (Å²) in [5, 5.41) is 21.5. The number of nitrogens with zero attached hydrogens (tertiary/aromatic N) is 4. The van der Waals surface area contributed by atoms with Crippen molar-refractivity contribution in [3.05, 3.63) is 45.9 Å². The first-order chi connectivity index (χ1) is 12.0. The Labute approximate surface area is 146 Å². The number of H-pyrrole nitrogens is 1. The average Bonchev–Trinajstić information content (AvgIpc) is 2.97. The summed E-state index contributed by atoms with van der Waals surface area (Å²) in [7, 11) is 0. The summed E-state index contributed by atoms with van der Waals surface area (Å²) in [6.07, 6.45) is 0.753. The molecule has 25 heavy (non-hydrogen) atoms. The van der Waals surface area contributed by atoms with Gasteiger partial charge in [0.05, 0.1) is 12.2 Å². The van der Waals surface area contributed by atoms with Crippen molar-refractivity contribution in [3.8, 4) is 5.75 Å². The number of ether oxygens (including phenoxy) is 1. The number of thioether (sulfide) groups is 1. The van der Waals surface area contributed by atoms with Crippen LogP contribution in [0.5, 0.6) is 5.75 Å². The fourth-order valence-corrected chi connectivity index (χ4v) is 2.81. The van der Waals surface area contributed by atoms with Gasteiger partial charge in [-0.1, -0.05) is 11.8 Å². The van der Waals surface area contributed by atoms with Crippen LogP contribution in [0.2, 0.25) is 0 Å². The van der Waals surface area contributed by atoms with Gasteiger partial charge in [-0.2, -0.15) is 9.61 Å². The number of carboxylic acid groups (broad SMARTS) is 1. The minimum absolute atomic E-state index is 0.224. The van der Waals surface area contributed by atoms with E-state index in [0.717, 1.165) is 12.2 Å². The van der Waals surface area contributed by atoms with Gasteiger partial charge in [-0.15, -0.1) is 10.2 Å². The molecule has 0 aliphatic carbocycles. The summed E-state index contributed by atoms with van der Waals surface area (Å²) in [5.41, 5.74) is 0.295. The van der Waals surface area contributed by atoms with Crippen LogP contribution in [0.4, 0.5) is 0 Å². The molecule has 0 fully saturated rings. The molecule has 0 atom stereocenters. The molecule has 2 aromatic heterocycles. The highest BCUT2D eigenvalue weighted by Gasteiger charge is 2.09. The molecule has 0 bridgehead atoms. The predicted octanol–water partition coefficient (Wildman–Crippen LogP) is 1.38. The maximum absolute atomic E-state index is 11.5. The highest BCUT2D eigenvalue weighted by atomic mass is 32.2. The number of carboxylic acids is 1. The number of rotatable bonds is 7. The van der Waals surface area contributed by atoms with Crippen molar-refractivity contribution in [2.45, 2.75) is 18.5 Å². The van der Waals surface area contributed by atoms with Crippen LogP contribution in [-0.4, -0.2) is 48.2 Å². The third kappa shape index (κ3) is 3.97. The lowest BCUT2D eigenvalue weighted by molar-refractivity contribution is 0.0697. The normalized spacial score (nSPS) is 10.9. The van der Waals surface area contributed by atoms with Crippen molar-refractivity contribution in [1.82, 2.24) is 24.8 Å².